The van der Waals surface area contributed by atoms with Gasteiger partial charge in [0.05, 0.1) is 11.8 Å². The number of rotatable bonds is 3. The van der Waals surface area contributed by atoms with Crippen molar-refractivity contribution < 1.29 is 27.9 Å². The Labute approximate surface area is 158 Å². The molecule has 2 aromatic carbocycles. The molecular formula is C21H13F2NO4. The molecular weight excluding hydrogens is 368 g/mol. The lowest BCUT2D eigenvalue weighted by molar-refractivity contribution is -0.132. The number of Topliss-reactive ketones (excluding diaryl/α,β-unsaturated/α-hetero) is 1. The van der Waals surface area contributed by atoms with Crippen LogP contribution in [0.1, 0.15) is 17.4 Å². The molecule has 0 spiro atoms. The lowest BCUT2D eigenvalue weighted by atomic mass is 9.99. The van der Waals surface area contributed by atoms with Crippen molar-refractivity contribution in [3.8, 4) is 0 Å². The summed E-state index contributed by atoms with van der Waals surface area (Å²) >= 11 is 0. The molecule has 0 aliphatic carbocycles. The Bertz CT molecular complexity index is 1090. The molecule has 2 heterocycles. The molecule has 0 bridgehead atoms. The molecule has 1 fully saturated rings. The molecule has 1 aromatic heterocycles. The van der Waals surface area contributed by atoms with E-state index in [1.54, 1.807) is 12.1 Å². The largest absolute Gasteiger partial charge is 0.507 e. The van der Waals surface area contributed by atoms with Gasteiger partial charge >= 0.3 is 0 Å². The predicted octanol–water partition coefficient (Wildman–Crippen LogP) is 4.18. The van der Waals surface area contributed by atoms with E-state index in [9.17, 15) is 23.5 Å². The summed E-state index contributed by atoms with van der Waals surface area (Å²) in [6, 6.07) is 12.0. The second-order valence-corrected chi connectivity index (χ2v) is 6.17. The fraction of sp³-hybridized carbons (Fsp3) is 0.0476. The summed E-state index contributed by atoms with van der Waals surface area (Å²) < 4.78 is 32.3. The van der Waals surface area contributed by atoms with Crippen molar-refractivity contribution in [1.29, 1.82) is 0 Å². The Morgan fingerprint density at radius 1 is 0.964 bits per heavy atom. The maximum Gasteiger partial charge on any atom is 0.300 e. The van der Waals surface area contributed by atoms with Crippen LogP contribution in [0.5, 0.6) is 0 Å². The van der Waals surface area contributed by atoms with E-state index in [-0.39, 0.29) is 22.6 Å². The third-order valence-corrected chi connectivity index (χ3v) is 4.46. The molecule has 0 saturated carbocycles. The molecule has 4 rings (SSSR count). The minimum Gasteiger partial charge on any atom is -0.507 e. The lowest BCUT2D eigenvalue weighted by Gasteiger charge is -2.23. The van der Waals surface area contributed by atoms with Crippen molar-refractivity contribution in [1.82, 2.24) is 0 Å². The zero-order valence-corrected chi connectivity index (χ0v) is 14.3. The molecule has 7 heteroatoms. The zero-order chi connectivity index (χ0) is 19.8. The van der Waals surface area contributed by atoms with E-state index in [2.05, 4.69) is 0 Å². The number of halogens is 2. The molecule has 1 saturated heterocycles. The quantitative estimate of drug-likeness (QED) is 0.420. The van der Waals surface area contributed by atoms with Crippen LogP contribution in [0, 0.1) is 11.6 Å². The number of carbonyl (C=O) groups is 2. The number of benzene rings is 2. The number of hydrogen-bond donors (Lipinski definition) is 1. The van der Waals surface area contributed by atoms with Crippen LogP contribution in [0.4, 0.5) is 14.5 Å². The van der Waals surface area contributed by atoms with Crippen molar-refractivity contribution in [2.45, 2.75) is 6.04 Å². The summed E-state index contributed by atoms with van der Waals surface area (Å²) in [5.74, 6) is -3.25. The van der Waals surface area contributed by atoms with E-state index in [1.165, 1.54) is 36.6 Å². The van der Waals surface area contributed by atoms with E-state index >= 15 is 0 Å². The second kappa shape index (κ2) is 6.77. The lowest BCUT2D eigenvalue weighted by Crippen LogP contribution is -2.29. The minimum atomic E-state index is -1.10. The number of amides is 1. The van der Waals surface area contributed by atoms with Gasteiger partial charge in [0.25, 0.3) is 11.7 Å². The van der Waals surface area contributed by atoms with Crippen LogP contribution in [-0.4, -0.2) is 16.8 Å². The third kappa shape index (κ3) is 2.87. The van der Waals surface area contributed by atoms with Gasteiger partial charge in [-0.25, -0.2) is 8.78 Å². The first-order valence-corrected chi connectivity index (χ1v) is 8.33. The van der Waals surface area contributed by atoms with E-state index in [0.717, 1.165) is 23.1 Å². The molecule has 28 heavy (non-hydrogen) atoms. The highest BCUT2D eigenvalue weighted by Crippen LogP contribution is 2.42. The minimum absolute atomic E-state index is 0.140. The van der Waals surface area contributed by atoms with Crippen LogP contribution in [-0.2, 0) is 9.59 Å². The number of nitrogens with zero attached hydrogens (tertiary/aromatic N) is 1. The number of hydrogen-bond acceptors (Lipinski definition) is 4. The van der Waals surface area contributed by atoms with E-state index < -0.39 is 35.1 Å². The summed E-state index contributed by atoms with van der Waals surface area (Å²) in [5.41, 5.74) is 0.0765. The number of furan rings is 1. The summed E-state index contributed by atoms with van der Waals surface area (Å²) in [6.45, 7) is 0. The first-order chi connectivity index (χ1) is 13.5. The molecule has 1 amide bonds. The smallest absolute Gasteiger partial charge is 0.300 e. The van der Waals surface area contributed by atoms with Gasteiger partial charge in [-0.3, -0.25) is 14.5 Å². The number of ketones is 1. The van der Waals surface area contributed by atoms with Gasteiger partial charge in [0, 0.05) is 11.3 Å². The topological polar surface area (TPSA) is 70.8 Å². The zero-order valence-electron chi connectivity index (χ0n) is 14.3. The molecule has 1 atom stereocenters. The van der Waals surface area contributed by atoms with Crippen molar-refractivity contribution in [2.75, 3.05) is 4.90 Å². The maximum atomic E-state index is 13.7. The summed E-state index contributed by atoms with van der Waals surface area (Å²) in [7, 11) is 0. The molecule has 0 radical (unpaired) electrons. The van der Waals surface area contributed by atoms with Gasteiger partial charge < -0.3 is 9.52 Å². The van der Waals surface area contributed by atoms with Crippen LogP contribution in [0.3, 0.4) is 0 Å². The first kappa shape index (κ1) is 17.7. The Morgan fingerprint density at radius 2 is 1.71 bits per heavy atom. The number of aliphatic hydroxyl groups excluding tert-OH is 1. The molecule has 1 aliphatic rings. The SMILES string of the molecule is O=C1C(=O)N(c2cccc(F)c2)C(c2ccco2)/C1=C(/O)c1ccc(F)cc1. The van der Waals surface area contributed by atoms with Crippen molar-refractivity contribution in [2.24, 2.45) is 0 Å². The fourth-order valence-corrected chi connectivity index (χ4v) is 3.20. The number of aliphatic hydroxyl groups is 1. The summed E-state index contributed by atoms with van der Waals surface area (Å²) in [4.78, 5) is 26.5. The standard InChI is InChI=1S/C21H13F2NO4/c22-13-8-6-12(7-9-13)19(25)17-18(16-5-2-10-28-16)24(21(27)20(17)26)15-4-1-3-14(23)11-15/h1-11,18,25H/b19-17-. The van der Waals surface area contributed by atoms with E-state index in [0.29, 0.717) is 0 Å². The van der Waals surface area contributed by atoms with Crippen LogP contribution in [0.15, 0.2) is 76.9 Å². The highest BCUT2D eigenvalue weighted by Gasteiger charge is 2.48. The summed E-state index contributed by atoms with van der Waals surface area (Å²) in [5, 5.41) is 10.7. The fourth-order valence-electron chi connectivity index (χ4n) is 3.20. The van der Waals surface area contributed by atoms with E-state index in [1.807, 2.05) is 0 Å². The van der Waals surface area contributed by atoms with Crippen molar-refractivity contribution in [3.63, 3.8) is 0 Å². The van der Waals surface area contributed by atoms with Crippen LogP contribution in [0.25, 0.3) is 5.76 Å². The normalized spacial score (nSPS) is 18.6. The monoisotopic (exact) mass is 381 g/mol. The van der Waals surface area contributed by atoms with Crippen LogP contribution in [0.2, 0.25) is 0 Å². The molecule has 1 N–H and O–H groups in total. The van der Waals surface area contributed by atoms with Gasteiger partial charge in [-0.2, -0.15) is 0 Å². The molecule has 1 aliphatic heterocycles. The number of carbonyl (C=O) groups excluding carboxylic acids is 2. The Balaban J connectivity index is 1.93. The van der Waals surface area contributed by atoms with Crippen LogP contribution < -0.4 is 4.90 Å². The molecule has 5 nitrogen and oxygen atoms in total. The first-order valence-electron chi connectivity index (χ1n) is 8.33. The molecule has 1 unspecified atom stereocenters. The van der Waals surface area contributed by atoms with Crippen LogP contribution >= 0.6 is 0 Å². The van der Waals surface area contributed by atoms with Crippen molar-refractivity contribution >= 4 is 23.1 Å². The highest BCUT2D eigenvalue weighted by atomic mass is 19.1. The van der Waals surface area contributed by atoms with Gasteiger partial charge in [-0.1, -0.05) is 6.07 Å². The Morgan fingerprint density at radius 3 is 2.36 bits per heavy atom. The average molecular weight is 381 g/mol. The molecule has 3 aromatic rings. The summed E-state index contributed by atoms with van der Waals surface area (Å²) in [6.07, 6.45) is 1.36. The Hall–Kier alpha value is -3.74. The highest BCUT2D eigenvalue weighted by molar-refractivity contribution is 6.51. The van der Waals surface area contributed by atoms with Gasteiger partial charge in [0.15, 0.2) is 0 Å². The van der Waals surface area contributed by atoms with Gasteiger partial charge in [0.2, 0.25) is 0 Å². The van der Waals surface area contributed by atoms with Gasteiger partial charge in [0.1, 0.15) is 29.2 Å². The Kier molecular flexibility index (Phi) is 4.27. The average Bonchev–Trinajstić information content (AvgIpc) is 3.29. The second-order valence-electron chi connectivity index (χ2n) is 6.17. The maximum absolute atomic E-state index is 13.7. The van der Waals surface area contributed by atoms with E-state index in [4.69, 9.17) is 4.42 Å². The third-order valence-electron chi connectivity index (χ3n) is 4.46. The number of anilines is 1. The predicted molar refractivity (Wildman–Crippen MR) is 96.3 cm³/mol. The van der Waals surface area contributed by atoms with Crippen molar-refractivity contribution in [3.05, 3.63) is 95.5 Å². The van der Waals surface area contributed by atoms with Gasteiger partial charge in [-0.05, 0) is 54.6 Å². The molecule has 140 valence electrons. The van der Waals surface area contributed by atoms with Gasteiger partial charge in [-0.15, -0.1) is 0 Å².